The molecule has 0 saturated heterocycles. The maximum Gasteiger partial charge on any atom is 0.262 e. The summed E-state index contributed by atoms with van der Waals surface area (Å²) in [7, 11) is 1.83. The molecule has 5 aromatic rings. The molecule has 0 bridgehead atoms. The van der Waals surface area contributed by atoms with Gasteiger partial charge in [0.1, 0.15) is 11.4 Å². The Hall–Kier alpha value is -4.98. The Morgan fingerprint density at radius 2 is 2.00 bits per heavy atom. The lowest BCUT2D eigenvalue weighted by atomic mass is 9.94. The molecule has 3 N–H and O–H groups in total. The molecule has 40 heavy (non-hydrogen) atoms. The molecule has 1 saturated carbocycles. The van der Waals surface area contributed by atoms with E-state index < -0.39 is 11.9 Å². The number of anilines is 1. The first-order valence-electron chi connectivity index (χ1n) is 13.4. The van der Waals surface area contributed by atoms with Crippen molar-refractivity contribution in [3.05, 3.63) is 81.9 Å². The van der Waals surface area contributed by atoms with Crippen LogP contribution in [0.5, 0.6) is 0 Å². The number of aromatic nitrogens is 7. The zero-order valence-corrected chi connectivity index (χ0v) is 22.3. The van der Waals surface area contributed by atoms with E-state index >= 15 is 0 Å². The Kier molecular flexibility index (Phi) is 6.51. The van der Waals surface area contributed by atoms with Gasteiger partial charge < -0.3 is 11.1 Å². The highest BCUT2D eigenvalue weighted by Gasteiger charge is 2.27. The van der Waals surface area contributed by atoms with E-state index in [1.54, 1.807) is 33.9 Å². The lowest BCUT2D eigenvalue weighted by Crippen LogP contribution is -2.36. The van der Waals surface area contributed by atoms with Gasteiger partial charge >= 0.3 is 0 Å². The second-order valence-corrected chi connectivity index (χ2v) is 10.1. The molecule has 11 heteroatoms. The van der Waals surface area contributed by atoms with Crippen LogP contribution in [0.15, 0.2) is 53.8 Å². The van der Waals surface area contributed by atoms with Crippen molar-refractivity contribution in [3.8, 4) is 11.8 Å². The number of nitrogen functional groups attached to an aromatic ring is 1. The van der Waals surface area contributed by atoms with Crippen LogP contribution in [0.2, 0.25) is 0 Å². The number of hydrogen-bond donors (Lipinski definition) is 2. The van der Waals surface area contributed by atoms with Gasteiger partial charge in [0.25, 0.3) is 11.5 Å². The Bertz CT molecular complexity index is 1870. The number of carbonyl (C=O) groups excluding carboxylic acids is 1. The van der Waals surface area contributed by atoms with Gasteiger partial charge in [0.2, 0.25) is 0 Å². The molecule has 0 unspecified atom stereocenters. The number of rotatable bonds is 4. The molecule has 0 spiro atoms. The zero-order valence-electron chi connectivity index (χ0n) is 22.3. The van der Waals surface area contributed by atoms with Crippen molar-refractivity contribution in [1.29, 1.82) is 0 Å². The molecule has 1 fully saturated rings. The van der Waals surface area contributed by atoms with Crippen LogP contribution >= 0.6 is 0 Å². The average Bonchev–Trinajstić information content (AvgIpc) is 3.53. The standard InChI is InChI=1S/C29H29N9O2/c1-18(33-28(39)24-25(30)35-37-15-7-14-31-27(24)37)26-34-22-11-6-8-20(13-12-19-16-32-36(2)17-19)23(22)29(40)38(26)21-9-4-3-5-10-21/h6-8,11,14-18,21H,3-5,9-10H2,1-2H3,(H2,30,35)(H,33,39)/t18-/m1/s1. The third kappa shape index (κ3) is 4.58. The van der Waals surface area contributed by atoms with Crippen LogP contribution in [0.25, 0.3) is 16.6 Å². The van der Waals surface area contributed by atoms with Crippen LogP contribution in [-0.2, 0) is 7.05 Å². The summed E-state index contributed by atoms with van der Waals surface area (Å²) in [6, 6.07) is 6.59. The highest BCUT2D eigenvalue weighted by Crippen LogP contribution is 2.30. The lowest BCUT2D eigenvalue weighted by molar-refractivity contribution is 0.0939. The third-order valence-corrected chi connectivity index (χ3v) is 7.33. The molecule has 1 atom stereocenters. The number of hydrogen-bond acceptors (Lipinski definition) is 7. The summed E-state index contributed by atoms with van der Waals surface area (Å²) in [5.74, 6) is 6.41. The summed E-state index contributed by atoms with van der Waals surface area (Å²) < 4.78 is 4.93. The lowest BCUT2D eigenvalue weighted by Gasteiger charge is -2.28. The Morgan fingerprint density at radius 1 is 1.18 bits per heavy atom. The van der Waals surface area contributed by atoms with Gasteiger partial charge in [-0.3, -0.25) is 18.8 Å². The molecule has 6 rings (SSSR count). The minimum absolute atomic E-state index is 0.0180. The molecule has 4 aromatic heterocycles. The molecule has 1 aromatic carbocycles. The van der Waals surface area contributed by atoms with Crippen LogP contribution in [-0.4, -0.2) is 39.8 Å². The van der Waals surface area contributed by atoms with E-state index in [0.29, 0.717) is 27.9 Å². The van der Waals surface area contributed by atoms with Gasteiger partial charge in [0, 0.05) is 37.2 Å². The predicted octanol–water partition coefficient (Wildman–Crippen LogP) is 3.15. The van der Waals surface area contributed by atoms with Gasteiger partial charge in [0.15, 0.2) is 11.5 Å². The number of nitrogens with zero attached hydrogens (tertiary/aromatic N) is 7. The average molecular weight is 536 g/mol. The van der Waals surface area contributed by atoms with Crippen molar-refractivity contribution < 1.29 is 4.79 Å². The summed E-state index contributed by atoms with van der Waals surface area (Å²) in [6.07, 6.45) is 11.7. The summed E-state index contributed by atoms with van der Waals surface area (Å²) in [5, 5.41) is 11.8. The molecule has 1 aliphatic carbocycles. The summed E-state index contributed by atoms with van der Waals surface area (Å²) in [4.78, 5) is 36.8. The number of nitrogens with two attached hydrogens (primary N) is 1. The quantitative estimate of drug-likeness (QED) is 0.337. The minimum Gasteiger partial charge on any atom is -0.381 e. The van der Waals surface area contributed by atoms with Gasteiger partial charge in [-0.25, -0.2) is 14.5 Å². The zero-order chi connectivity index (χ0) is 27.8. The monoisotopic (exact) mass is 535 g/mol. The normalized spacial score (nSPS) is 14.7. The van der Waals surface area contributed by atoms with Crippen molar-refractivity contribution in [2.75, 3.05) is 5.73 Å². The second-order valence-electron chi connectivity index (χ2n) is 10.1. The molecule has 4 heterocycles. The Morgan fingerprint density at radius 3 is 2.77 bits per heavy atom. The van der Waals surface area contributed by atoms with E-state index in [-0.39, 0.29) is 23.0 Å². The van der Waals surface area contributed by atoms with E-state index in [0.717, 1.165) is 37.7 Å². The summed E-state index contributed by atoms with van der Waals surface area (Å²) in [6.45, 7) is 1.83. The molecule has 1 amide bonds. The Balaban J connectivity index is 1.44. The largest absolute Gasteiger partial charge is 0.381 e. The topological polar surface area (TPSA) is 138 Å². The third-order valence-electron chi connectivity index (χ3n) is 7.33. The molecular formula is C29H29N9O2. The molecule has 11 nitrogen and oxygen atoms in total. The van der Waals surface area contributed by atoms with Gasteiger partial charge in [0.05, 0.1) is 28.7 Å². The first kappa shape index (κ1) is 25.3. The second kappa shape index (κ2) is 10.3. The highest BCUT2D eigenvalue weighted by molar-refractivity contribution is 6.04. The van der Waals surface area contributed by atoms with E-state index in [1.807, 2.05) is 38.4 Å². The fourth-order valence-corrected chi connectivity index (χ4v) is 5.44. The van der Waals surface area contributed by atoms with Gasteiger partial charge in [-0.05, 0) is 38.0 Å². The highest BCUT2D eigenvalue weighted by atomic mass is 16.2. The maximum absolute atomic E-state index is 14.2. The van der Waals surface area contributed by atoms with E-state index in [1.165, 1.54) is 4.52 Å². The van der Waals surface area contributed by atoms with E-state index in [9.17, 15) is 9.59 Å². The molecule has 0 aliphatic heterocycles. The maximum atomic E-state index is 14.2. The first-order valence-corrected chi connectivity index (χ1v) is 13.4. The van der Waals surface area contributed by atoms with Crippen LogP contribution < -0.4 is 16.6 Å². The molecule has 202 valence electrons. The predicted molar refractivity (Wildman–Crippen MR) is 151 cm³/mol. The summed E-state index contributed by atoms with van der Waals surface area (Å²) in [5.41, 5.74) is 8.37. The number of amides is 1. The fraction of sp³-hybridized carbons (Fsp3) is 0.310. The molecular weight excluding hydrogens is 506 g/mol. The molecule has 1 aliphatic rings. The van der Waals surface area contributed by atoms with Crippen molar-refractivity contribution in [2.24, 2.45) is 7.05 Å². The number of benzene rings is 1. The SMILES string of the molecule is C[C@@H](NC(=O)c1c(N)nn2cccnc12)c1nc2cccc(C#Cc3cnn(C)c3)c2c(=O)n1C1CCCCC1. The fourth-order valence-electron chi connectivity index (χ4n) is 5.44. The summed E-state index contributed by atoms with van der Waals surface area (Å²) >= 11 is 0. The minimum atomic E-state index is -0.588. The Labute approximate surface area is 230 Å². The van der Waals surface area contributed by atoms with Crippen LogP contribution in [0.3, 0.4) is 0 Å². The first-order chi connectivity index (χ1) is 19.4. The number of fused-ring (bicyclic) bond motifs is 2. The molecule has 0 radical (unpaired) electrons. The van der Waals surface area contributed by atoms with Crippen molar-refractivity contribution in [1.82, 2.24) is 39.2 Å². The smallest absolute Gasteiger partial charge is 0.262 e. The van der Waals surface area contributed by atoms with Crippen molar-refractivity contribution >= 4 is 28.3 Å². The van der Waals surface area contributed by atoms with Gasteiger partial charge in [-0.1, -0.05) is 37.2 Å². The van der Waals surface area contributed by atoms with Crippen molar-refractivity contribution in [3.63, 3.8) is 0 Å². The van der Waals surface area contributed by atoms with Crippen molar-refractivity contribution in [2.45, 2.75) is 51.1 Å². The number of aryl methyl sites for hydroxylation is 1. The van der Waals surface area contributed by atoms with Crippen LogP contribution in [0.4, 0.5) is 5.82 Å². The number of nitrogens with one attached hydrogen (secondary N) is 1. The van der Waals surface area contributed by atoms with Gasteiger partial charge in [-0.15, -0.1) is 5.10 Å². The van der Waals surface area contributed by atoms with Crippen LogP contribution in [0.1, 0.15) is 78.4 Å². The number of carbonyl (C=O) groups is 1. The van der Waals surface area contributed by atoms with E-state index in [4.69, 9.17) is 10.7 Å². The van der Waals surface area contributed by atoms with Gasteiger partial charge in [-0.2, -0.15) is 5.10 Å². The van der Waals surface area contributed by atoms with Crippen LogP contribution in [0, 0.1) is 11.8 Å². The van der Waals surface area contributed by atoms with E-state index in [2.05, 4.69) is 32.3 Å².